The van der Waals surface area contributed by atoms with Gasteiger partial charge >= 0.3 is 0 Å². The van der Waals surface area contributed by atoms with Crippen molar-refractivity contribution < 1.29 is 4.79 Å². The van der Waals surface area contributed by atoms with Crippen molar-refractivity contribution in [1.82, 2.24) is 9.88 Å². The maximum atomic E-state index is 12.5. The summed E-state index contributed by atoms with van der Waals surface area (Å²) < 4.78 is 0. The van der Waals surface area contributed by atoms with Crippen molar-refractivity contribution in [3.05, 3.63) is 16.1 Å². The van der Waals surface area contributed by atoms with E-state index in [2.05, 4.69) is 32.7 Å². The highest BCUT2D eigenvalue weighted by molar-refractivity contribution is 7.10. The fourth-order valence-corrected chi connectivity index (χ4v) is 3.34. The normalized spacial score (nSPS) is 23.9. The van der Waals surface area contributed by atoms with Gasteiger partial charge in [0.05, 0.1) is 5.01 Å². The Hall–Kier alpha value is -0.940. The minimum absolute atomic E-state index is 0.000381. The fraction of sp³-hybridized carbons (Fsp3) is 0.714. The van der Waals surface area contributed by atoms with Gasteiger partial charge in [-0.2, -0.15) is 0 Å². The van der Waals surface area contributed by atoms with Crippen LogP contribution >= 0.6 is 11.3 Å². The van der Waals surface area contributed by atoms with Gasteiger partial charge in [0.2, 0.25) is 0 Å². The molecule has 0 aromatic carbocycles. The number of nitrogens with zero attached hydrogens (tertiary/aromatic N) is 2. The molecule has 1 amide bonds. The lowest BCUT2D eigenvalue weighted by molar-refractivity contribution is 0.0738. The number of thiazole rings is 1. The van der Waals surface area contributed by atoms with Crippen molar-refractivity contribution in [1.29, 1.82) is 0 Å². The van der Waals surface area contributed by atoms with Gasteiger partial charge < -0.3 is 10.6 Å². The largest absolute Gasteiger partial charge is 0.334 e. The second kappa shape index (κ2) is 5.21. The predicted molar refractivity (Wildman–Crippen MR) is 78.5 cm³/mol. The molecule has 5 heteroatoms. The zero-order valence-corrected chi connectivity index (χ0v) is 13.0. The molecule has 1 aliphatic heterocycles. The highest BCUT2D eigenvalue weighted by atomic mass is 32.1. The smallest absolute Gasteiger partial charge is 0.273 e. The number of nitrogens with two attached hydrogens (primary N) is 1. The Bertz CT molecular complexity index is 464. The number of aromatic nitrogens is 1. The number of likely N-dealkylation sites (tertiary alicyclic amines) is 1. The summed E-state index contributed by atoms with van der Waals surface area (Å²) in [6.45, 7) is 9.84. The molecule has 2 unspecified atom stereocenters. The molecule has 2 rings (SSSR count). The van der Waals surface area contributed by atoms with E-state index < -0.39 is 0 Å². The quantitative estimate of drug-likeness (QED) is 0.904. The van der Waals surface area contributed by atoms with Gasteiger partial charge in [0, 0.05) is 23.4 Å². The van der Waals surface area contributed by atoms with E-state index in [1.165, 1.54) is 0 Å². The van der Waals surface area contributed by atoms with Crippen LogP contribution in [0.4, 0.5) is 0 Å². The first-order chi connectivity index (χ1) is 8.82. The average molecular weight is 281 g/mol. The van der Waals surface area contributed by atoms with Crippen LogP contribution in [-0.4, -0.2) is 34.9 Å². The van der Waals surface area contributed by atoms with Crippen LogP contribution in [0.2, 0.25) is 0 Å². The van der Waals surface area contributed by atoms with Crippen molar-refractivity contribution >= 4 is 17.2 Å². The van der Waals surface area contributed by atoms with E-state index in [9.17, 15) is 4.79 Å². The summed E-state index contributed by atoms with van der Waals surface area (Å²) >= 11 is 1.57. The molecular formula is C14H23N3OS. The topological polar surface area (TPSA) is 59.2 Å². The number of hydrogen-bond acceptors (Lipinski definition) is 4. The summed E-state index contributed by atoms with van der Waals surface area (Å²) in [5.41, 5.74) is 6.29. The Labute approximate surface area is 119 Å². The molecular weight excluding hydrogens is 258 g/mol. The second-order valence-corrected chi connectivity index (χ2v) is 7.29. The SMILES string of the molecule is CC1CC(CN)CN1C(=O)c1csc(C(C)(C)C)n1. The molecule has 2 N–H and O–H groups in total. The molecule has 0 radical (unpaired) electrons. The number of amides is 1. The lowest BCUT2D eigenvalue weighted by Crippen LogP contribution is -2.34. The molecule has 1 aromatic heterocycles. The third-order valence-electron chi connectivity index (χ3n) is 3.62. The Morgan fingerprint density at radius 1 is 1.58 bits per heavy atom. The van der Waals surface area contributed by atoms with Gasteiger partial charge in [-0.1, -0.05) is 20.8 Å². The zero-order chi connectivity index (χ0) is 14.2. The van der Waals surface area contributed by atoms with Crippen LogP contribution in [0.3, 0.4) is 0 Å². The van der Waals surface area contributed by atoms with Crippen molar-refractivity contribution in [2.75, 3.05) is 13.1 Å². The monoisotopic (exact) mass is 281 g/mol. The minimum Gasteiger partial charge on any atom is -0.334 e. The third kappa shape index (κ3) is 2.98. The van der Waals surface area contributed by atoms with E-state index in [-0.39, 0.29) is 17.4 Å². The molecule has 4 nitrogen and oxygen atoms in total. The van der Waals surface area contributed by atoms with E-state index in [4.69, 9.17) is 5.73 Å². The maximum absolute atomic E-state index is 12.5. The molecule has 1 saturated heterocycles. The first-order valence-corrected chi connectivity index (χ1v) is 7.68. The predicted octanol–water partition coefficient (Wildman–Crippen LogP) is 2.25. The van der Waals surface area contributed by atoms with Crippen LogP contribution in [-0.2, 0) is 5.41 Å². The summed E-state index contributed by atoms with van der Waals surface area (Å²) in [6, 6.07) is 0.265. The molecule has 0 aliphatic carbocycles. The number of hydrogen-bond donors (Lipinski definition) is 1. The van der Waals surface area contributed by atoms with Crippen molar-refractivity contribution in [3.63, 3.8) is 0 Å². The number of rotatable bonds is 2. The van der Waals surface area contributed by atoms with Gasteiger partial charge in [-0.3, -0.25) is 4.79 Å². The van der Waals surface area contributed by atoms with E-state index in [0.29, 0.717) is 18.2 Å². The van der Waals surface area contributed by atoms with Crippen LogP contribution in [0.1, 0.15) is 49.6 Å². The molecule has 1 aliphatic rings. The average Bonchev–Trinajstić information content (AvgIpc) is 2.93. The molecule has 0 spiro atoms. The molecule has 0 saturated carbocycles. The van der Waals surface area contributed by atoms with Crippen LogP contribution in [0, 0.1) is 5.92 Å². The molecule has 1 aromatic rings. The Kier molecular flexibility index (Phi) is 3.97. The summed E-state index contributed by atoms with van der Waals surface area (Å²) in [6.07, 6.45) is 0.999. The van der Waals surface area contributed by atoms with E-state index >= 15 is 0 Å². The lowest BCUT2D eigenvalue weighted by atomic mass is 9.98. The third-order valence-corrected chi connectivity index (χ3v) is 4.89. The first-order valence-electron chi connectivity index (χ1n) is 6.80. The van der Waals surface area contributed by atoms with Crippen LogP contribution in [0.15, 0.2) is 5.38 Å². The molecule has 1 fully saturated rings. The van der Waals surface area contributed by atoms with Crippen LogP contribution < -0.4 is 5.73 Å². The van der Waals surface area contributed by atoms with Crippen molar-refractivity contribution in [2.24, 2.45) is 11.7 Å². The van der Waals surface area contributed by atoms with Crippen molar-refractivity contribution in [3.8, 4) is 0 Å². The minimum atomic E-state index is -0.000381. The standard InChI is InChI=1S/C14H23N3OS/c1-9-5-10(6-15)7-17(9)12(18)11-8-19-13(16-11)14(2,3)4/h8-10H,5-7,15H2,1-4H3. The van der Waals surface area contributed by atoms with Gasteiger partial charge in [-0.05, 0) is 25.8 Å². The molecule has 2 atom stereocenters. The van der Waals surface area contributed by atoms with Gasteiger partial charge in [0.15, 0.2) is 0 Å². The lowest BCUT2D eigenvalue weighted by Gasteiger charge is -2.20. The zero-order valence-electron chi connectivity index (χ0n) is 12.1. The Morgan fingerprint density at radius 2 is 2.26 bits per heavy atom. The van der Waals surface area contributed by atoms with Crippen LogP contribution in [0.25, 0.3) is 0 Å². The molecule has 19 heavy (non-hydrogen) atoms. The highest BCUT2D eigenvalue weighted by Crippen LogP contribution is 2.28. The maximum Gasteiger partial charge on any atom is 0.273 e. The van der Waals surface area contributed by atoms with E-state index in [0.717, 1.165) is 18.0 Å². The van der Waals surface area contributed by atoms with Gasteiger partial charge in [-0.25, -0.2) is 4.98 Å². The van der Waals surface area contributed by atoms with E-state index in [1.807, 2.05) is 10.3 Å². The molecule has 2 heterocycles. The van der Waals surface area contributed by atoms with Crippen molar-refractivity contribution in [2.45, 2.75) is 45.6 Å². The summed E-state index contributed by atoms with van der Waals surface area (Å²) in [5, 5.41) is 2.89. The van der Waals surface area contributed by atoms with Gasteiger partial charge in [-0.15, -0.1) is 11.3 Å². The van der Waals surface area contributed by atoms with Gasteiger partial charge in [0.1, 0.15) is 5.69 Å². The Balaban J connectivity index is 2.14. The summed E-state index contributed by atoms with van der Waals surface area (Å²) in [7, 11) is 0. The van der Waals surface area contributed by atoms with E-state index in [1.54, 1.807) is 11.3 Å². The number of carbonyl (C=O) groups is 1. The first kappa shape index (κ1) is 14.5. The number of carbonyl (C=O) groups excluding carboxylic acids is 1. The molecule has 106 valence electrons. The Morgan fingerprint density at radius 3 is 2.74 bits per heavy atom. The summed E-state index contributed by atoms with van der Waals surface area (Å²) in [5.74, 6) is 0.481. The fourth-order valence-electron chi connectivity index (χ4n) is 2.46. The highest BCUT2D eigenvalue weighted by Gasteiger charge is 2.33. The second-order valence-electron chi connectivity index (χ2n) is 6.43. The van der Waals surface area contributed by atoms with Crippen LogP contribution in [0.5, 0.6) is 0 Å². The van der Waals surface area contributed by atoms with Gasteiger partial charge in [0.25, 0.3) is 5.91 Å². The molecule has 0 bridgehead atoms. The summed E-state index contributed by atoms with van der Waals surface area (Å²) in [4.78, 5) is 18.9.